The van der Waals surface area contributed by atoms with Crippen molar-refractivity contribution in [2.75, 3.05) is 11.9 Å². The molecule has 0 saturated carbocycles. The molecule has 0 aliphatic heterocycles. The van der Waals surface area contributed by atoms with Crippen LogP contribution in [-0.4, -0.2) is 6.54 Å². The van der Waals surface area contributed by atoms with Gasteiger partial charge in [-0.2, -0.15) is 0 Å². The molecule has 7 rings (SSSR count). The highest BCUT2D eigenvalue weighted by Crippen LogP contribution is 2.49. The van der Waals surface area contributed by atoms with E-state index in [1.807, 2.05) is 0 Å². The number of nitrogens with one attached hydrogen (secondary N) is 2. The highest BCUT2D eigenvalue weighted by atomic mass is 15.1. The molecule has 3 heteroatoms. The summed E-state index contributed by atoms with van der Waals surface area (Å²) in [7, 11) is 0. The number of fused-ring (bicyclic) bond motifs is 3. The van der Waals surface area contributed by atoms with Crippen molar-refractivity contribution in [2.45, 2.75) is 51.2 Å². The monoisotopic (exact) mass is 601 g/mol. The van der Waals surface area contributed by atoms with Crippen LogP contribution < -0.4 is 16.4 Å². The Morgan fingerprint density at radius 1 is 0.717 bits per heavy atom. The van der Waals surface area contributed by atoms with E-state index in [4.69, 9.17) is 5.73 Å². The fourth-order valence-corrected chi connectivity index (χ4v) is 7.25. The number of benzene rings is 5. The molecule has 2 aliphatic rings. The summed E-state index contributed by atoms with van der Waals surface area (Å²) in [4.78, 5) is 0. The van der Waals surface area contributed by atoms with Crippen molar-refractivity contribution in [3.63, 3.8) is 0 Å². The Hall–Kier alpha value is -4.70. The first kappa shape index (κ1) is 30.0. The first-order valence-corrected chi connectivity index (χ1v) is 16.6. The van der Waals surface area contributed by atoms with E-state index in [-0.39, 0.29) is 11.6 Å². The lowest BCUT2D eigenvalue weighted by Gasteiger charge is -2.26. The van der Waals surface area contributed by atoms with Gasteiger partial charge in [-0.25, -0.2) is 0 Å². The molecule has 5 aromatic carbocycles. The van der Waals surface area contributed by atoms with Crippen LogP contribution in [0.1, 0.15) is 67.1 Å². The molecule has 46 heavy (non-hydrogen) atoms. The summed E-state index contributed by atoms with van der Waals surface area (Å²) in [5, 5.41) is 7.72. The van der Waals surface area contributed by atoms with E-state index in [1.54, 1.807) is 0 Å². The van der Waals surface area contributed by atoms with Gasteiger partial charge in [-0.3, -0.25) is 5.32 Å². The topological polar surface area (TPSA) is 50.1 Å². The second-order valence-corrected chi connectivity index (χ2v) is 13.0. The minimum Gasteiger partial charge on any atom is -0.365 e. The Kier molecular flexibility index (Phi) is 8.45. The Bertz CT molecular complexity index is 1900. The summed E-state index contributed by atoms with van der Waals surface area (Å²) in [5.41, 5.74) is 21.6. The van der Waals surface area contributed by atoms with Gasteiger partial charge in [-0.05, 0) is 94.1 Å². The van der Waals surface area contributed by atoms with Gasteiger partial charge < -0.3 is 11.1 Å². The lowest BCUT2D eigenvalue weighted by Crippen LogP contribution is -2.28. The maximum atomic E-state index is 6.14. The van der Waals surface area contributed by atoms with E-state index >= 15 is 0 Å². The molecule has 1 unspecified atom stereocenters. The summed E-state index contributed by atoms with van der Waals surface area (Å²) in [6.45, 7) is 6.11. The average molecular weight is 602 g/mol. The molecule has 4 N–H and O–H groups in total. The molecule has 5 aromatic rings. The van der Waals surface area contributed by atoms with E-state index in [9.17, 15) is 0 Å². The fraction of sp³-hybridized carbons (Fsp3) is 0.209. The van der Waals surface area contributed by atoms with Crippen LogP contribution in [0, 0.1) is 0 Å². The van der Waals surface area contributed by atoms with Crippen LogP contribution >= 0.6 is 0 Å². The smallest absolute Gasteiger partial charge is 0.103 e. The second kappa shape index (κ2) is 13.0. The fourth-order valence-electron chi connectivity index (χ4n) is 7.25. The molecule has 0 heterocycles. The highest BCUT2D eigenvalue weighted by molar-refractivity contribution is 5.89. The van der Waals surface area contributed by atoms with Crippen molar-refractivity contribution >= 4 is 11.3 Å². The van der Waals surface area contributed by atoms with Crippen LogP contribution in [0.25, 0.3) is 27.8 Å². The summed E-state index contributed by atoms with van der Waals surface area (Å²) in [6.07, 6.45) is 7.57. The third-order valence-electron chi connectivity index (χ3n) is 9.74. The van der Waals surface area contributed by atoms with E-state index in [0.29, 0.717) is 6.54 Å². The van der Waals surface area contributed by atoms with Crippen LogP contribution in [0.15, 0.2) is 139 Å². The maximum Gasteiger partial charge on any atom is 0.103 e. The maximum absolute atomic E-state index is 6.14. The molecule has 2 aliphatic carbocycles. The predicted octanol–water partition coefficient (Wildman–Crippen LogP) is 10.0. The van der Waals surface area contributed by atoms with E-state index in [2.05, 4.69) is 158 Å². The summed E-state index contributed by atoms with van der Waals surface area (Å²) >= 11 is 0. The van der Waals surface area contributed by atoms with Gasteiger partial charge >= 0.3 is 0 Å². The minimum atomic E-state index is -0.0727. The van der Waals surface area contributed by atoms with Gasteiger partial charge in [0.25, 0.3) is 0 Å². The normalized spacial score (nSPS) is 15.4. The third-order valence-corrected chi connectivity index (χ3v) is 9.74. The number of anilines is 1. The second-order valence-electron chi connectivity index (χ2n) is 13.0. The molecule has 3 nitrogen and oxygen atoms in total. The van der Waals surface area contributed by atoms with Gasteiger partial charge in [-0.15, -0.1) is 0 Å². The van der Waals surface area contributed by atoms with Gasteiger partial charge in [0.15, 0.2) is 0 Å². The Morgan fingerprint density at radius 3 is 2.22 bits per heavy atom. The molecule has 0 spiro atoms. The van der Waals surface area contributed by atoms with Crippen LogP contribution in [0.5, 0.6) is 0 Å². The minimum absolute atomic E-state index is 0.0392. The Morgan fingerprint density at radius 2 is 1.41 bits per heavy atom. The number of hydrogen-bond donors (Lipinski definition) is 3. The van der Waals surface area contributed by atoms with E-state index < -0.39 is 0 Å². The van der Waals surface area contributed by atoms with Crippen molar-refractivity contribution in [2.24, 2.45) is 5.73 Å². The number of allylic oxidation sites excluding steroid dienone is 3. The van der Waals surface area contributed by atoms with E-state index in [0.717, 1.165) is 31.5 Å². The zero-order valence-corrected chi connectivity index (χ0v) is 26.9. The molecule has 0 aromatic heterocycles. The molecule has 0 fully saturated rings. The average Bonchev–Trinajstić information content (AvgIpc) is 3.33. The zero-order chi connectivity index (χ0) is 31.5. The van der Waals surface area contributed by atoms with Gasteiger partial charge in [0.2, 0.25) is 0 Å². The molecular formula is C43H43N3. The van der Waals surface area contributed by atoms with Gasteiger partial charge in [-0.1, -0.05) is 135 Å². The Balaban J connectivity index is 1.30. The van der Waals surface area contributed by atoms with Crippen LogP contribution in [0.4, 0.5) is 5.69 Å². The molecule has 0 saturated heterocycles. The van der Waals surface area contributed by atoms with Gasteiger partial charge in [0, 0.05) is 23.2 Å². The number of hydrogen-bond acceptors (Lipinski definition) is 3. The predicted molar refractivity (Wildman–Crippen MR) is 194 cm³/mol. The molecule has 230 valence electrons. The standard InChI is InChI=1S/C43H43N3/c1-43(2)39-20-12-11-19-36(39)37-23-21-34(28-40(37)43)33-22-24-41(38(27-33)35-18-10-9-15-31(35)25-26-44)46-42(32-16-7-4-8-17-32)45-29-30-13-5-3-6-14-30/h3-8,10-14,16-24,27-28,42,45-46H,9,15,25-26,29,44H2,1-2H3. The first-order chi connectivity index (χ1) is 22.5. The van der Waals surface area contributed by atoms with Crippen LogP contribution in [0.3, 0.4) is 0 Å². The van der Waals surface area contributed by atoms with Crippen LogP contribution in [0.2, 0.25) is 0 Å². The first-order valence-electron chi connectivity index (χ1n) is 16.6. The number of rotatable bonds is 10. The molecule has 0 bridgehead atoms. The molecular weight excluding hydrogens is 558 g/mol. The Labute approximate surface area is 273 Å². The summed E-state index contributed by atoms with van der Waals surface area (Å²) in [6, 6.07) is 44.1. The lowest BCUT2D eigenvalue weighted by atomic mass is 9.81. The van der Waals surface area contributed by atoms with Crippen molar-refractivity contribution in [3.8, 4) is 22.3 Å². The molecule has 1 atom stereocenters. The van der Waals surface area contributed by atoms with E-state index in [1.165, 1.54) is 61.2 Å². The zero-order valence-electron chi connectivity index (χ0n) is 26.9. The van der Waals surface area contributed by atoms with Crippen molar-refractivity contribution in [1.29, 1.82) is 0 Å². The van der Waals surface area contributed by atoms with Gasteiger partial charge in [0.05, 0.1) is 0 Å². The highest BCUT2D eigenvalue weighted by Gasteiger charge is 2.35. The van der Waals surface area contributed by atoms with Gasteiger partial charge in [0.1, 0.15) is 6.17 Å². The molecule has 0 amide bonds. The molecule has 0 radical (unpaired) electrons. The summed E-state index contributed by atoms with van der Waals surface area (Å²) in [5.74, 6) is 0. The largest absolute Gasteiger partial charge is 0.365 e. The SMILES string of the molecule is CC1(C)c2ccccc2-c2ccc(-c3ccc(NC(NCc4ccccc4)c4ccccc4)c(C4=C(CCN)CCC=C4)c3)cc21. The van der Waals surface area contributed by atoms with Crippen LogP contribution in [-0.2, 0) is 12.0 Å². The quantitative estimate of drug-likeness (QED) is 0.140. The van der Waals surface area contributed by atoms with Crippen molar-refractivity contribution < 1.29 is 0 Å². The third kappa shape index (κ3) is 5.85. The van der Waals surface area contributed by atoms with Crippen molar-refractivity contribution in [1.82, 2.24) is 5.32 Å². The summed E-state index contributed by atoms with van der Waals surface area (Å²) < 4.78 is 0. The lowest BCUT2D eigenvalue weighted by molar-refractivity contribution is 0.586. The number of nitrogens with two attached hydrogens (primary N) is 1. The van der Waals surface area contributed by atoms with Crippen molar-refractivity contribution in [3.05, 3.63) is 167 Å².